The normalized spacial score (nSPS) is 23.5. The molecule has 6 heteroatoms. The molecular weight excluding hydrogens is 528 g/mol. The Morgan fingerprint density at radius 1 is 1.07 bits per heavy atom. The van der Waals surface area contributed by atoms with Crippen LogP contribution in [0.1, 0.15) is 92.1 Å². The molecule has 0 saturated heterocycles. The van der Waals surface area contributed by atoms with Crippen LogP contribution in [0.5, 0.6) is 0 Å². The molecule has 1 aromatic rings. The third-order valence-corrected chi connectivity index (χ3v) is 8.42. The van der Waals surface area contributed by atoms with Gasteiger partial charge in [-0.05, 0) is 78.7 Å². The standard InChI is InChI=1S/C36H46O6/c1-21(2)14-15-26(18-23(5)6)20-36(17-16-22(3)4)34(40)30(28(19-29(37)38)27-12-10-9-11-13-27)33-31(35(36)41)32(39)24(7)25(8)42-33/h9-13,16,18,24-26,28,40H,1,14-15,17,19-20H2,2-8H3,(H,37,38)/t24-,25+,26?,28?,36?/m0/s1. The molecule has 1 aromatic carbocycles. The number of ether oxygens (including phenoxy) is 1. The molecule has 1 heterocycles. The summed E-state index contributed by atoms with van der Waals surface area (Å²) in [6.45, 7) is 17.4. The van der Waals surface area contributed by atoms with Crippen LogP contribution in [0.2, 0.25) is 0 Å². The lowest BCUT2D eigenvalue weighted by Gasteiger charge is -2.43. The molecule has 3 rings (SSSR count). The summed E-state index contributed by atoms with van der Waals surface area (Å²) in [7, 11) is 0. The first-order chi connectivity index (χ1) is 19.7. The van der Waals surface area contributed by atoms with Gasteiger partial charge in [-0.3, -0.25) is 14.4 Å². The first kappa shape index (κ1) is 32.8. The molecule has 0 aromatic heterocycles. The van der Waals surface area contributed by atoms with Crippen LogP contribution in [0.25, 0.3) is 0 Å². The van der Waals surface area contributed by atoms with Gasteiger partial charge in [-0.1, -0.05) is 66.1 Å². The van der Waals surface area contributed by atoms with Crippen molar-refractivity contribution in [1.82, 2.24) is 0 Å². The molecular formula is C36H46O6. The first-order valence-electron chi connectivity index (χ1n) is 14.8. The van der Waals surface area contributed by atoms with E-state index in [1.807, 2.05) is 58.9 Å². The molecule has 1 aliphatic heterocycles. The van der Waals surface area contributed by atoms with Crippen LogP contribution in [-0.2, 0) is 19.1 Å². The van der Waals surface area contributed by atoms with Gasteiger partial charge in [0.1, 0.15) is 23.2 Å². The van der Waals surface area contributed by atoms with Crippen molar-refractivity contribution in [1.29, 1.82) is 0 Å². The number of ketones is 2. The summed E-state index contributed by atoms with van der Waals surface area (Å²) in [5.41, 5.74) is 2.42. The van der Waals surface area contributed by atoms with Crippen molar-refractivity contribution in [2.45, 2.75) is 92.6 Å². The zero-order valence-corrected chi connectivity index (χ0v) is 26.1. The van der Waals surface area contributed by atoms with Crippen LogP contribution >= 0.6 is 0 Å². The van der Waals surface area contributed by atoms with Crippen LogP contribution in [0.3, 0.4) is 0 Å². The Kier molecular flexibility index (Phi) is 10.6. The number of hydrogen-bond acceptors (Lipinski definition) is 5. The molecule has 3 unspecified atom stereocenters. The summed E-state index contributed by atoms with van der Waals surface area (Å²) in [5.74, 6) is -3.52. The van der Waals surface area contributed by atoms with Crippen molar-refractivity contribution >= 4 is 17.5 Å². The van der Waals surface area contributed by atoms with E-state index in [0.717, 1.165) is 23.1 Å². The lowest BCUT2D eigenvalue weighted by molar-refractivity contribution is -0.137. The van der Waals surface area contributed by atoms with E-state index in [0.29, 0.717) is 12.0 Å². The fraction of sp³-hybridized carbons (Fsp3) is 0.472. The fourth-order valence-electron chi connectivity index (χ4n) is 6.03. The van der Waals surface area contributed by atoms with Crippen molar-refractivity contribution < 1.29 is 29.3 Å². The van der Waals surface area contributed by atoms with Gasteiger partial charge in [0, 0.05) is 11.5 Å². The van der Waals surface area contributed by atoms with Crippen molar-refractivity contribution in [3.05, 3.63) is 94.0 Å². The molecule has 6 nitrogen and oxygen atoms in total. The maximum atomic E-state index is 14.7. The Balaban J connectivity index is 2.42. The van der Waals surface area contributed by atoms with Gasteiger partial charge >= 0.3 is 5.97 Å². The number of aliphatic hydroxyl groups excluding tert-OH is 1. The molecule has 0 bridgehead atoms. The number of carbonyl (C=O) groups is 3. The van der Waals surface area contributed by atoms with Crippen LogP contribution in [-0.4, -0.2) is 33.9 Å². The minimum atomic E-state index is -1.47. The molecule has 2 N–H and O–H groups in total. The van der Waals surface area contributed by atoms with E-state index in [1.54, 1.807) is 26.0 Å². The summed E-state index contributed by atoms with van der Waals surface area (Å²) < 4.78 is 6.27. The summed E-state index contributed by atoms with van der Waals surface area (Å²) >= 11 is 0. The molecule has 0 spiro atoms. The van der Waals surface area contributed by atoms with E-state index in [-0.39, 0.29) is 53.6 Å². The topological polar surface area (TPSA) is 101 Å². The van der Waals surface area contributed by atoms with Gasteiger partial charge in [0.15, 0.2) is 11.6 Å². The number of aliphatic carboxylic acids is 1. The summed E-state index contributed by atoms with van der Waals surface area (Å²) in [4.78, 5) is 40.9. The maximum Gasteiger partial charge on any atom is 0.304 e. The lowest BCUT2D eigenvalue weighted by atomic mass is 9.61. The number of benzene rings is 1. The van der Waals surface area contributed by atoms with Gasteiger partial charge in [-0.15, -0.1) is 6.58 Å². The third-order valence-electron chi connectivity index (χ3n) is 8.42. The van der Waals surface area contributed by atoms with E-state index < -0.39 is 35.1 Å². The highest BCUT2D eigenvalue weighted by Crippen LogP contribution is 2.53. The number of hydrogen-bond donors (Lipinski definition) is 2. The van der Waals surface area contributed by atoms with Gasteiger partial charge in [-0.25, -0.2) is 0 Å². The number of rotatable bonds is 12. The first-order valence-corrected chi connectivity index (χ1v) is 14.8. The highest BCUT2D eigenvalue weighted by Gasteiger charge is 2.55. The molecule has 0 amide bonds. The second kappa shape index (κ2) is 13.5. The van der Waals surface area contributed by atoms with Gasteiger partial charge < -0.3 is 14.9 Å². The van der Waals surface area contributed by atoms with Gasteiger partial charge in [0.2, 0.25) is 0 Å². The Labute approximate surface area is 250 Å². The molecule has 5 atom stereocenters. The third kappa shape index (κ3) is 7.03. The van der Waals surface area contributed by atoms with Gasteiger partial charge in [-0.2, -0.15) is 0 Å². The van der Waals surface area contributed by atoms with E-state index in [4.69, 9.17) is 4.74 Å². The Hall–Kier alpha value is -3.67. The largest absolute Gasteiger partial charge is 0.511 e. The molecule has 2 aliphatic rings. The summed E-state index contributed by atoms with van der Waals surface area (Å²) in [6, 6.07) is 9.05. The van der Waals surface area contributed by atoms with E-state index in [2.05, 4.69) is 12.7 Å². The van der Waals surface area contributed by atoms with Crippen LogP contribution in [0, 0.1) is 17.3 Å². The lowest BCUT2D eigenvalue weighted by Crippen LogP contribution is -2.47. The highest BCUT2D eigenvalue weighted by molar-refractivity contribution is 6.25. The molecule has 42 heavy (non-hydrogen) atoms. The van der Waals surface area contributed by atoms with Gasteiger partial charge in [0.05, 0.1) is 17.8 Å². The van der Waals surface area contributed by atoms with E-state index in [9.17, 15) is 24.6 Å². The monoisotopic (exact) mass is 574 g/mol. The minimum Gasteiger partial charge on any atom is -0.511 e. The number of carboxylic acid groups (broad SMARTS) is 1. The Bertz CT molecular complexity index is 1350. The van der Waals surface area contributed by atoms with Crippen molar-refractivity contribution in [3.63, 3.8) is 0 Å². The number of carboxylic acids is 1. The van der Waals surface area contributed by atoms with Crippen LogP contribution in [0.4, 0.5) is 0 Å². The Morgan fingerprint density at radius 3 is 2.26 bits per heavy atom. The quantitative estimate of drug-likeness (QED) is 0.193. The number of carbonyl (C=O) groups excluding carboxylic acids is 2. The van der Waals surface area contributed by atoms with Crippen LogP contribution in [0.15, 0.2) is 88.4 Å². The van der Waals surface area contributed by atoms with Crippen molar-refractivity contribution in [3.8, 4) is 0 Å². The highest BCUT2D eigenvalue weighted by atomic mass is 16.5. The SMILES string of the molecule is C=C(C)CCC(C=C(C)C)CC1(CC=C(C)C)C(=O)C2=C(O[C@H](C)[C@H](C)C2=O)C(C(CC(=O)O)c2ccccc2)=C1O. The summed E-state index contributed by atoms with van der Waals surface area (Å²) in [5, 5.41) is 22.4. The molecule has 0 radical (unpaired) electrons. The molecule has 0 saturated carbocycles. The zero-order valence-electron chi connectivity index (χ0n) is 26.1. The predicted molar refractivity (Wildman–Crippen MR) is 166 cm³/mol. The molecule has 226 valence electrons. The fourth-order valence-corrected chi connectivity index (χ4v) is 6.03. The molecule has 0 fully saturated rings. The number of allylic oxidation sites excluding steroid dienone is 8. The second-order valence-corrected chi connectivity index (χ2v) is 12.6. The average molecular weight is 575 g/mol. The van der Waals surface area contributed by atoms with Crippen molar-refractivity contribution in [2.75, 3.05) is 0 Å². The second-order valence-electron chi connectivity index (χ2n) is 12.6. The van der Waals surface area contributed by atoms with Crippen LogP contribution < -0.4 is 0 Å². The minimum absolute atomic E-state index is 0.0247. The smallest absolute Gasteiger partial charge is 0.304 e. The van der Waals surface area contributed by atoms with E-state index in [1.165, 1.54) is 0 Å². The molecule has 1 aliphatic carbocycles. The number of aliphatic hydroxyl groups is 1. The van der Waals surface area contributed by atoms with E-state index >= 15 is 0 Å². The summed E-state index contributed by atoms with van der Waals surface area (Å²) in [6.07, 6.45) is 5.04. The Morgan fingerprint density at radius 2 is 1.71 bits per heavy atom. The average Bonchev–Trinajstić information content (AvgIpc) is 2.91. The maximum absolute atomic E-state index is 14.7. The van der Waals surface area contributed by atoms with Crippen molar-refractivity contribution in [2.24, 2.45) is 17.3 Å². The number of Topliss-reactive ketones (excluding diaryl/α,β-unsaturated/α-hetero) is 2. The predicted octanol–water partition coefficient (Wildman–Crippen LogP) is 8.19. The van der Waals surface area contributed by atoms with Gasteiger partial charge in [0.25, 0.3) is 0 Å². The zero-order chi connectivity index (χ0) is 31.4.